The Labute approximate surface area is 321 Å². The Bertz CT molecular complexity index is 1790. The van der Waals surface area contributed by atoms with E-state index in [0.717, 1.165) is 0 Å². The molecular weight excluding hydrogens is 776 g/mol. The summed E-state index contributed by atoms with van der Waals surface area (Å²) in [7, 11) is 0. The molecule has 6 aromatic rings. The van der Waals surface area contributed by atoms with Gasteiger partial charge in [-0.15, -0.1) is 0 Å². The second-order valence-corrected chi connectivity index (χ2v) is 48.6. The Balaban J connectivity index is 2.03. The van der Waals surface area contributed by atoms with Crippen molar-refractivity contribution >= 4 is 48.2 Å². The van der Waals surface area contributed by atoms with Gasteiger partial charge in [0, 0.05) is 0 Å². The molecule has 0 fully saturated rings. The van der Waals surface area contributed by atoms with Gasteiger partial charge in [0.15, 0.2) is 0 Å². The molecule has 0 N–H and O–H groups in total. The average Bonchev–Trinajstić information content (AvgIpc) is 3.16. The summed E-state index contributed by atoms with van der Waals surface area (Å²) >= 11 is -1.69. The SMILES string of the molecule is CC[PH](c1ccccc1C)(c1ccccc1C)[Pd]([PH](CC)(c1ccccc1C)c1ccccc1C)[PH](CC)(c1ccccc1C)c1ccccc1C. The van der Waals surface area contributed by atoms with Crippen molar-refractivity contribution in [3.05, 3.63) is 179 Å². The van der Waals surface area contributed by atoms with Crippen LogP contribution in [0.2, 0.25) is 0 Å². The fraction of sp³-hybridized carbons (Fsp3) is 0.250. The van der Waals surface area contributed by atoms with Crippen molar-refractivity contribution in [1.82, 2.24) is 0 Å². The summed E-state index contributed by atoms with van der Waals surface area (Å²) in [6, 6.07) is 58.1. The molecule has 6 rings (SSSR count). The molecule has 0 aliphatic carbocycles. The van der Waals surface area contributed by atoms with Gasteiger partial charge in [-0.2, -0.15) is 0 Å². The van der Waals surface area contributed by atoms with E-state index in [2.05, 4.69) is 208 Å². The van der Waals surface area contributed by atoms with Crippen molar-refractivity contribution in [3.63, 3.8) is 0 Å². The van der Waals surface area contributed by atoms with Gasteiger partial charge >= 0.3 is 323 Å². The molecule has 277 valence electrons. The van der Waals surface area contributed by atoms with Crippen LogP contribution in [-0.4, -0.2) is 18.5 Å². The summed E-state index contributed by atoms with van der Waals surface area (Å²) < 4.78 is 0. The number of hydrogen-bond donors (Lipinski definition) is 0. The Hall–Kier alpha value is -2.73. The van der Waals surface area contributed by atoms with E-state index in [0.29, 0.717) is 0 Å². The van der Waals surface area contributed by atoms with E-state index in [1.54, 1.807) is 31.8 Å². The minimum atomic E-state index is -2.64. The molecule has 0 amide bonds. The Morgan fingerprint density at radius 2 is 0.442 bits per heavy atom. The third kappa shape index (κ3) is 6.35. The van der Waals surface area contributed by atoms with E-state index in [1.165, 1.54) is 51.9 Å². The van der Waals surface area contributed by atoms with Crippen LogP contribution in [0.1, 0.15) is 54.2 Å². The van der Waals surface area contributed by atoms with Gasteiger partial charge in [-0.1, -0.05) is 0 Å². The van der Waals surface area contributed by atoms with Gasteiger partial charge in [0.25, 0.3) is 0 Å². The van der Waals surface area contributed by atoms with Crippen LogP contribution in [0.3, 0.4) is 0 Å². The van der Waals surface area contributed by atoms with E-state index < -0.39 is 31.6 Å². The monoisotopic (exact) mass is 835 g/mol. The van der Waals surface area contributed by atoms with Crippen LogP contribution in [0, 0.1) is 41.5 Å². The van der Waals surface area contributed by atoms with Gasteiger partial charge in [-0.25, -0.2) is 0 Å². The fourth-order valence-corrected chi connectivity index (χ4v) is 107. The first-order valence-corrected chi connectivity index (χ1v) is 32.2. The maximum absolute atomic E-state index is 2.64. The van der Waals surface area contributed by atoms with Crippen LogP contribution in [-0.2, 0) is 15.3 Å². The van der Waals surface area contributed by atoms with Gasteiger partial charge in [0.2, 0.25) is 0 Å². The number of benzene rings is 6. The standard InChI is InChI=1S/3C16H19P.Pd/c3*1-4-17(15-11-7-5-9-13(15)2)16-12-8-6-10-14(16)3;/h3*5-12H,4H2,1-3H3;/q;;;-3/p+3. The normalized spacial score (nSPS) is 13.4. The number of aryl methyl sites for hydroxylation is 6. The average molecular weight is 836 g/mol. The molecule has 0 radical (unpaired) electrons. The minimum absolute atomic E-state index is 1.20. The molecule has 0 aliphatic heterocycles. The van der Waals surface area contributed by atoms with Gasteiger partial charge in [0.1, 0.15) is 0 Å². The summed E-state index contributed by atoms with van der Waals surface area (Å²) in [5, 5.41) is 10.1. The predicted molar refractivity (Wildman–Crippen MR) is 241 cm³/mol. The van der Waals surface area contributed by atoms with Crippen LogP contribution in [0.25, 0.3) is 0 Å². The van der Waals surface area contributed by atoms with Crippen LogP contribution >= 0.6 is 16.4 Å². The Morgan fingerprint density at radius 3 is 0.577 bits per heavy atom. The van der Waals surface area contributed by atoms with Crippen molar-refractivity contribution in [2.75, 3.05) is 18.5 Å². The van der Waals surface area contributed by atoms with Gasteiger partial charge < -0.3 is 0 Å². The first kappa shape index (κ1) is 39.0. The zero-order valence-electron chi connectivity index (χ0n) is 32.8. The summed E-state index contributed by atoms with van der Waals surface area (Å²) in [4.78, 5) is 0. The van der Waals surface area contributed by atoms with Crippen molar-refractivity contribution < 1.29 is 15.3 Å². The van der Waals surface area contributed by atoms with Crippen LogP contribution in [0.5, 0.6) is 0 Å². The van der Waals surface area contributed by atoms with Crippen molar-refractivity contribution in [2.45, 2.75) is 62.3 Å². The van der Waals surface area contributed by atoms with E-state index >= 15 is 0 Å². The Morgan fingerprint density at radius 1 is 0.288 bits per heavy atom. The first-order valence-electron chi connectivity index (χ1n) is 19.1. The van der Waals surface area contributed by atoms with E-state index in [9.17, 15) is 0 Å². The zero-order valence-corrected chi connectivity index (χ0v) is 37.3. The van der Waals surface area contributed by atoms with Gasteiger partial charge in [-0.3, -0.25) is 0 Å². The third-order valence-electron chi connectivity index (χ3n) is 11.5. The van der Waals surface area contributed by atoms with Crippen molar-refractivity contribution in [1.29, 1.82) is 0 Å². The van der Waals surface area contributed by atoms with E-state index in [1.807, 2.05) is 0 Å². The molecule has 0 aromatic heterocycles. The first-order chi connectivity index (χ1) is 25.1. The molecule has 0 saturated carbocycles. The quantitative estimate of drug-likeness (QED) is 0.0851. The predicted octanol–water partition coefficient (Wildman–Crippen LogP) is 10.5. The molecule has 4 heteroatoms. The molecule has 0 atom stereocenters. The van der Waals surface area contributed by atoms with Gasteiger partial charge in [-0.05, 0) is 0 Å². The number of rotatable bonds is 12. The molecule has 0 nitrogen and oxygen atoms in total. The topological polar surface area (TPSA) is 0 Å². The fourth-order valence-electron chi connectivity index (χ4n) is 9.12. The Kier molecular flexibility index (Phi) is 12.2. The summed E-state index contributed by atoms with van der Waals surface area (Å²) in [5.41, 5.74) is 0.970. The molecule has 0 unspecified atom stereocenters. The molecule has 52 heavy (non-hydrogen) atoms. The van der Waals surface area contributed by atoms with Gasteiger partial charge in [0.05, 0.1) is 0 Å². The summed E-state index contributed by atoms with van der Waals surface area (Å²) in [5.74, 6) is 0. The molecule has 0 bridgehead atoms. The maximum atomic E-state index is 2.61. The number of hydrogen-bond acceptors (Lipinski definition) is 0. The summed E-state index contributed by atoms with van der Waals surface area (Å²) in [6.07, 6.45) is 3.59. The second kappa shape index (κ2) is 16.3. The van der Waals surface area contributed by atoms with Crippen molar-refractivity contribution in [3.8, 4) is 0 Å². The summed E-state index contributed by atoms with van der Waals surface area (Å²) in [6.45, 7) is 22.4. The van der Waals surface area contributed by atoms with E-state index in [4.69, 9.17) is 0 Å². The molecule has 0 spiro atoms. The van der Waals surface area contributed by atoms with E-state index in [-0.39, 0.29) is 0 Å². The van der Waals surface area contributed by atoms with Crippen molar-refractivity contribution in [2.24, 2.45) is 0 Å². The molecule has 0 heterocycles. The zero-order chi connectivity index (χ0) is 37.1. The molecule has 0 aliphatic rings. The third-order valence-corrected chi connectivity index (χ3v) is 77.4. The van der Waals surface area contributed by atoms with Crippen LogP contribution in [0.15, 0.2) is 146 Å². The molecular formula is C48H60P3Pd. The van der Waals surface area contributed by atoms with Crippen LogP contribution < -0.4 is 31.8 Å². The molecule has 6 aromatic carbocycles. The second-order valence-electron chi connectivity index (χ2n) is 14.4. The van der Waals surface area contributed by atoms with Crippen LogP contribution in [0.4, 0.5) is 0 Å². The molecule has 0 saturated heterocycles.